The smallest absolute Gasteiger partial charge is 0.147 e. The fraction of sp³-hybridized carbons (Fsp3) is 0.462. The number of hydrogen-bond acceptors (Lipinski definition) is 3. The summed E-state index contributed by atoms with van der Waals surface area (Å²) in [5, 5.41) is 0. The summed E-state index contributed by atoms with van der Waals surface area (Å²) in [5.74, 6) is -0.117. The van der Waals surface area contributed by atoms with Gasteiger partial charge in [0.05, 0.1) is 5.69 Å². The average molecular weight is 252 g/mol. The van der Waals surface area contributed by atoms with Gasteiger partial charge < -0.3 is 4.90 Å². The molecule has 17 heavy (non-hydrogen) atoms. The second-order valence-electron chi connectivity index (χ2n) is 4.09. The van der Waals surface area contributed by atoms with Crippen LogP contribution in [0, 0.1) is 5.82 Å². The first-order valence-electron chi connectivity index (χ1n) is 5.77. The maximum absolute atomic E-state index is 13.9. The fourth-order valence-corrected chi connectivity index (χ4v) is 2.53. The van der Waals surface area contributed by atoms with Gasteiger partial charge in [-0.2, -0.15) is 0 Å². The predicted molar refractivity (Wildman–Crippen MR) is 73.0 cm³/mol. The zero-order chi connectivity index (χ0) is 12.3. The molecule has 0 saturated carbocycles. The molecule has 1 aromatic rings. The molecular formula is C13H17FN2S. The van der Waals surface area contributed by atoms with Crippen LogP contribution >= 0.6 is 11.8 Å². The van der Waals surface area contributed by atoms with Crippen molar-refractivity contribution in [1.82, 2.24) is 0 Å². The van der Waals surface area contributed by atoms with E-state index in [0.29, 0.717) is 0 Å². The van der Waals surface area contributed by atoms with Gasteiger partial charge in [-0.1, -0.05) is 0 Å². The minimum Gasteiger partial charge on any atom is -0.368 e. The van der Waals surface area contributed by atoms with Gasteiger partial charge in [0.15, 0.2) is 0 Å². The van der Waals surface area contributed by atoms with Crippen LogP contribution in [-0.4, -0.2) is 32.1 Å². The van der Waals surface area contributed by atoms with Crippen molar-refractivity contribution in [1.29, 1.82) is 0 Å². The van der Waals surface area contributed by atoms with Gasteiger partial charge in [-0.25, -0.2) is 4.39 Å². The van der Waals surface area contributed by atoms with Crippen molar-refractivity contribution in [3.63, 3.8) is 0 Å². The molecule has 2 nitrogen and oxygen atoms in total. The maximum Gasteiger partial charge on any atom is 0.147 e. The van der Waals surface area contributed by atoms with Gasteiger partial charge >= 0.3 is 0 Å². The summed E-state index contributed by atoms with van der Waals surface area (Å²) in [6.07, 6.45) is 3.85. The van der Waals surface area contributed by atoms with E-state index in [1.54, 1.807) is 17.8 Å². The van der Waals surface area contributed by atoms with Crippen LogP contribution in [0.1, 0.15) is 12.8 Å². The highest BCUT2D eigenvalue weighted by atomic mass is 32.2. The van der Waals surface area contributed by atoms with Gasteiger partial charge in [0.1, 0.15) is 5.82 Å². The molecule has 0 aliphatic carbocycles. The minimum atomic E-state index is -0.117. The van der Waals surface area contributed by atoms with E-state index in [1.165, 1.54) is 5.71 Å². The van der Waals surface area contributed by atoms with Crippen LogP contribution in [0.25, 0.3) is 0 Å². The molecule has 0 spiro atoms. The molecule has 0 unspecified atom stereocenters. The molecule has 0 radical (unpaired) electrons. The van der Waals surface area contributed by atoms with E-state index in [-0.39, 0.29) is 5.82 Å². The van der Waals surface area contributed by atoms with E-state index in [2.05, 4.69) is 9.89 Å². The largest absolute Gasteiger partial charge is 0.368 e. The fourth-order valence-electron chi connectivity index (χ4n) is 2.10. The van der Waals surface area contributed by atoms with Crippen LogP contribution in [0.4, 0.5) is 10.1 Å². The van der Waals surface area contributed by atoms with Gasteiger partial charge in [-0.15, -0.1) is 11.8 Å². The zero-order valence-corrected chi connectivity index (χ0v) is 11.1. The topological polar surface area (TPSA) is 15.6 Å². The average Bonchev–Trinajstić information content (AvgIpc) is 2.39. The summed E-state index contributed by atoms with van der Waals surface area (Å²) in [5.41, 5.74) is 1.96. The Morgan fingerprint density at radius 3 is 2.53 bits per heavy atom. The molecule has 1 aliphatic heterocycles. The summed E-state index contributed by atoms with van der Waals surface area (Å²) in [4.78, 5) is 7.29. The molecule has 0 N–H and O–H groups in total. The zero-order valence-electron chi connectivity index (χ0n) is 10.2. The van der Waals surface area contributed by atoms with Gasteiger partial charge in [-0.05, 0) is 24.5 Å². The number of aliphatic imine (C=N–C) groups is 1. The Labute approximate surface area is 106 Å². The molecule has 1 aromatic carbocycles. The van der Waals surface area contributed by atoms with E-state index < -0.39 is 0 Å². The molecule has 0 amide bonds. The van der Waals surface area contributed by atoms with Crippen molar-refractivity contribution in [2.45, 2.75) is 17.7 Å². The number of nitrogens with zero attached hydrogens (tertiary/aromatic N) is 2. The summed E-state index contributed by atoms with van der Waals surface area (Å²) in [7, 11) is 1.83. The number of anilines is 1. The van der Waals surface area contributed by atoms with Crippen LogP contribution in [0.15, 0.2) is 28.1 Å². The van der Waals surface area contributed by atoms with Gasteiger partial charge in [0.25, 0.3) is 0 Å². The Morgan fingerprint density at radius 2 is 2.00 bits per heavy atom. The first kappa shape index (κ1) is 12.4. The second kappa shape index (κ2) is 5.54. The van der Waals surface area contributed by atoms with Crippen molar-refractivity contribution in [2.75, 3.05) is 31.3 Å². The first-order valence-corrected chi connectivity index (χ1v) is 7.00. The summed E-state index contributed by atoms with van der Waals surface area (Å²) in [6, 6.07) is 5.48. The summed E-state index contributed by atoms with van der Waals surface area (Å²) in [6.45, 7) is 1.73. The number of halogens is 1. The highest BCUT2D eigenvalue weighted by Gasteiger charge is 2.17. The lowest BCUT2D eigenvalue weighted by atomic mass is 10.1. The maximum atomic E-state index is 13.9. The number of thioether (sulfide) groups is 1. The Kier molecular flexibility index (Phi) is 4.05. The molecule has 0 atom stereocenters. The predicted octanol–water partition coefficient (Wildman–Crippen LogP) is 3.22. The summed E-state index contributed by atoms with van der Waals surface area (Å²) >= 11 is 1.56. The molecule has 1 heterocycles. The van der Waals surface area contributed by atoms with Crippen molar-refractivity contribution in [2.24, 2.45) is 4.99 Å². The van der Waals surface area contributed by atoms with E-state index in [4.69, 9.17) is 0 Å². The minimum absolute atomic E-state index is 0.117. The molecule has 1 saturated heterocycles. The molecular weight excluding hydrogens is 235 g/mol. The highest BCUT2D eigenvalue weighted by molar-refractivity contribution is 7.98. The molecule has 1 aliphatic rings. The second-order valence-corrected chi connectivity index (χ2v) is 4.97. The van der Waals surface area contributed by atoms with Crippen molar-refractivity contribution >= 4 is 23.2 Å². The number of piperidine rings is 1. The van der Waals surface area contributed by atoms with E-state index in [9.17, 15) is 4.39 Å². The van der Waals surface area contributed by atoms with Crippen LogP contribution in [0.5, 0.6) is 0 Å². The third kappa shape index (κ3) is 2.80. The Bertz CT molecular complexity index is 421. The van der Waals surface area contributed by atoms with E-state index in [0.717, 1.165) is 36.5 Å². The van der Waals surface area contributed by atoms with Crippen LogP contribution in [-0.2, 0) is 0 Å². The van der Waals surface area contributed by atoms with Crippen molar-refractivity contribution in [3.05, 3.63) is 24.0 Å². The van der Waals surface area contributed by atoms with Crippen LogP contribution < -0.4 is 4.90 Å². The van der Waals surface area contributed by atoms with Gasteiger partial charge in [0.2, 0.25) is 0 Å². The van der Waals surface area contributed by atoms with Crippen molar-refractivity contribution < 1.29 is 4.39 Å². The number of hydrogen-bond donors (Lipinski definition) is 0. The quantitative estimate of drug-likeness (QED) is 0.751. The lowest BCUT2D eigenvalue weighted by molar-refractivity contribution is 0.610. The molecule has 92 valence electrons. The first-order chi connectivity index (χ1) is 8.24. The number of rotatable bonds is 2. The Balaban J connectivity index is 2.13. The summed E-state index contributed by atoms with van der Waals surface area (Å²) < 4.78 is 13.9. The lowest BCUT2D eigenvalue weighted by Gasteiger charge is -2.30. The molecule has 0 aromatic heterocycles. The van der Waals surface area contributed by atoms with Crippen LogP contribution in [0.3, 0.4) is 0 Å². The van der Waals surface area contributed by atoms with Gasteiger partial charge in [0, 0.05) is 43.6 Å². The van der Waals surface area contributed by atoms with Gasteiger partial charge in [-0.3, -0.25) is 4.99 Å². The molecule has 2 rings (SSSR count). The molecule has 0 bridgehead atoms. The molecule has 4 heteroatoms. The Morgan fingerprint density at radius 1 is 1.29 bits per heavy atom. The third-order valence-electron chi connectivity index (χ3n) is 3.15. The van der Waals surface area contributed by atoms with E-state index >= 15 is 0 Å². The highest BCUT2D eigenvalue weighted by Crippen LogP contribution is 2.26. The Hall–Kier alpha value is -1.03. The lowest BCUT2D eigenvalue weighted by Crippen LogP contribution is -2.34. The standard InChI is InChI=1S/C13H17FN2S/c1-15-10-5-7-16(8-6-10)13-4-3-11(17-2)9-12(13)14/h3-4,9H,5-8H2,1-2H3. The third-order valence-corrected chi connectivity index (χ3v) is 3.88. The van der Waals surface area contributed by atoms with Crippen molar-refractivity contribution in [3.8, 4) is 0 Å². The number of benzene rings is 1. The van der Waals surface area contributed by atoms with E-state index in [1.807, 2.05) is 25.4 Å². The molecule has 1 fully saturated rings. The van der Waals surface area contributed by atoms with Crippen LogP contribution in [0.2, 0.25) is 0 Å². The normalized spacial score (nSPS) is 16.2. The SMILES string of the molecule is CN=C1CCN(c2ccc(SC)cc2F)CC1. The monoisotopic (exact) mass is 252 g/mol.